The zero-order valence-electron chi connectivity index (χ0n) is 28.7. The Morgan fingerprint density at radius 1 is 0.958 bits per heavy atom. The molecular weight excluding hydrogens is 600 g/mol. The van der Waals surface area contributed by atoms with E-state index in [1.165, 1.54) is 6.42 Å². The molecule has 1 aromatic heterocycles. The van der Waals surface area contributed by atoms with Crippen LogP contribution in [0.15, 0.2) is 36.5 Å². The van der Waals surface area contributed by atoms with Gasteiger partial charge >= 0.3 is 0 Å². The Kier molecular flexibility index (Phi) is 7.93. The summed E-state index contributed by atoms with van der Waals surface area (Å²) in [5.41, 5.74) is -0.643. The van der Waals surface area contributed by atoms with Crippen molar-refractivity contribution in [3.05, 3.63) is 42.2 Å². The summed E-state index contributed by atoms with van der Waals surface area (Å²) in [6.45, 7) is 8.05. The first-order valence-corrected chi connectivity index (χ1v) is 18.6. The van der Waals surface area contributed by atoms with Gasteiger partial charge in [0.1, 0.15) is 17.3 Å². The van der Waals surface area contributed by atoms with Crippen LogP contribution >= 0.6 is 0 Å². The number of hydrogen-bond donors (Lipinski definition) is 2. The summed E-state index contributed by atoms with van der Waals surface area (Å²) in [6, 6.07) is 9.36. The minimum atomic E-state index is -0.987. The van der Waals surface area contributed by atoms with Crippen LogP contribution in [0.3, 0.4) is 0 Å². The molecule has 2 amide bonds. The van der Waals surface area contributed by atoms with Crippen LogP contribution in [-0.2, 0) is 4.79 Å². The molecule has 2 N–H and O–H groups in total. The third kappa shape index (κ3) is 4.86. The SMILES string of the molecule is C#C[C@@]1(O)CC[C@H]2[C@@H]3CCC4CC(O)C(N5CCN(C(=O)[C@@H]6CCCN6C(=O)c6cc7ccccc7cn6)CC5)C[C@]4(C)[C@H]3CC[C@@]21C. The molecule has 4 saturated carbocycles. The van der Waals surface area contributed by atoms with E-state index in [-0.39, 0.29) is 34.8 Å². The lowest BCUT2D eigenvalue weighted by molar-refractivity contribution is -0.163. The molecule has 1 aromatic carbocycles. The van der Waals surface area contributed by atoms with Crippen LogP contribution in [0, 0.1) is 46.8 Å². The van der Waals surface area contributed by atoms with Gasteiger partial charge in [-0.3, -0.25) is 19.5 Å². The molecule has 4 aliphatic carbocycles. The van der Waals surface area contributed by atoms with Gasteiger partial charge in [0.25, 0.3) is 5.91 Å². The van der Waals surface area contributed by atoms with Gasteiger partial charge in [-0.2, -0.15) is 0 Å². The Morgan fingerprint density at radius 3 is 2.48 bits per heavy atom. The molecule has 10 atom stereocenters. The van der Waals surface area contributed by atoms with E-state index in [0.717, 1.165) is 68.8 Å². The maximum absolute atomic E-state index is 13.9. The molecule has 8 rings (SSSR count). The monoisotopic (exact) mass is 652 g/mol. The smallest absolute Gasteiger partial charge is 0.273 e. The molecule has 0 spiro atoms. The summed E-state index contributed by atoms with van der Waals surface area (Å²) in [4.78, 5) is 38.1. The van der Waals surface area contributed by atoms with Crippen LogP contribution in [-0.4, -0.2) is 98.2 Å². The second kappa shape index (κ2) is 11.8. The molecule has 6 fully saturated rings. The Hall–Kier alpha value is -2.99. The van der Waals surface area contributed by atoms with Gasteiger partial charge in [-0.1, -0.05) is 44.0 Å². The highest BCUT2D eigenvalue weighted by Crippen LogP contribution is 2.68. The first-order chi connectivity index (χ1) is 23.1. The van der Waals surface area contributed by atoms with E-state index < -0.39 is 11.6 Å². The van der Waals surface area contributed by atoms with Crippen molar-refractivity contribution in [2.75, 3.05) is 32.7 Å². The van der Waals surface area contributed by atoms with Crippen molar-refractivity contribution in [2.24, 2.45) is 34.5 Å². The van der Waals surface area contributed by atoms with E-state index >= 15 is 0 Å². The first kappa shape index (κ1) is 32.2. The van der Waals surface area contributed by atoms with E-state index in [9.17, 15) is 19.8 Å². The molecule has 0 radical (unpaired) electrons. The molecular formula is C40H52N4O4. The third-order valence-corrected chi connectivity index (χ3v) is 14.8. The van der Waals surface area contributed by atoms with Crippen LogP contribution in [0.4, 0.5) is 0 Å². The maximum Gasteiger partial charge on any atom is 0.273 e. The van der Waals surface area contributed by atoms with Crippen molar-refractivity contribution in [1.82, 2.24) is 19.7 Å². The third-order valence-electron chi connectivity index (χ3n) is 14.8. The van der Waals surface area contributed by atoms with Gasteiger partial charge in [0.15, 0.2) is 0 Å². The van der Waals surface area contributed by atoms with Gasteiger partial charge in [0, 0.05) is 55.8 Å². The number of carbonyl (C=O) groups is 2. The summed E-state index contributed by atoms with van der Waals surface area (Å²) < 4.78 is 0. The van der Waals surface area contributed by atoms with Gasteiger partial charge in [-0.05, 0) is 105 Å². The highest BCUT2D eigenvalue weighted by Gasteiger charge is 2.65. The fourth-order valence-electron chi connectivity index (χ4n) is 12.0. The number of nitrogens with zero attached hydrogens (tertiary/aromatic N) is 4. The van der Waals surface area contributed by atoms with Crippen LogP contribution in [0.5, 0.6) is 0 Å². The standard InChI is InChI=1S/C40H52N4O4/c1-4-40(48)16-14-31-29-12-11-28-23-35(45)34(24-38(28,2)30(29)13-15-39(31,40)3)42-18-20-43(21-19-42)37(47)33-10-7-17-44(33)36(46)32-22-26-8-5-6-9-27(26)25-41-32/h1,5-6,8-9,22,25,28-31,33-35,45,48H,7,10-21,23-24H2,2-3H3/t28?,29-,30+,31+,33+,34?,35?,38+,39+,40-/m1/s1. The molecule has 2 aliphatic heterocycles. The zero-order chi connectivity index (χ0) is 33.4. The number of likely N-dealkylation sites (tertiary alicyclic amines) is 1. The molecule has 2 saturated heterocycles. The number of hydrogen-bond acceptors (Lipinski definition) is 6. The van der Waals surface area contributed by atoms with Crippen molar-refractivity contribution in [3.8, 4) is 12.3 Å². The number of fused-ring (bicyclic) bond motifs is 6. The number of aliphatic hydroxyl groups is 2. The molecule has 3 unspecified atom stereocenters. The number of amides is 2. The van der Waals surface area contributed by atoms with Gasteiger partial charge in [0.05, 0.1) is 6.10 Å². The predicted molar refractivity (Wildman–Crippen MR) is 185 cm³/mol. The van der Waals surface area contributed by atoms with Crippen LogP contribution in [0.1, 0.15) is 88.5 Å². The van der Waals surface area contributed by atoms with Crippen LogP contribution < -0.4 is 0 Å². The van der Waals surface area contributed by atoms with E-state index in [4.69, 9.17) is 6.42 Å². The van der Waals surface area contributed by atoms with Gasteiger partial charge in [-0.25, -0.2) is 0 Å². The minimum absolute atomic E-state index is 0.0429. The van der Waals surface area contributed by atoms with E-state index in [1.807, 2.05) is 35.2 Å². The largest absolute Gasteiger partial charge is 0.391 e. The summed E-state index contributed by atoms with van der Waals surface area (Å²) in [6.07, 6.45) is 16.8. The van der Waals surface area contributed by atoms with Crippen molar-refractivity contribution in [1.29, 1.82) is 0 Å². The summed E-state index contributed by atoms with van der Waals surface area (Å²) in [5.74, 6) is 4.85. The summed E-state index contributed by atoms with van der Waals surface area (Å²) in [7, 11) is 0. The fourth-order valence-corrected chi connectivity index (χ4v) is 12.0. The Morgan fingerprint density at radius 2 is 1.71 bits per heavy atom. The predicted octanol–water partition coefficient (Wildman–Crippen LogP) is 4.73. The van der Waals surface area contributed by atoms with Crippen molar-refractivity contribution in [2.45, 2.75) is 102 Å². The van der Waals surface area contributed by atoms with Gasteiger partial charge < -0.3 is 20.0 Å². The average Bonchev–Trinajstić information content (AvgIpc) is 3.70. The molecule has 256 valence electrons. The quantitative estimate of drug-likeness (QED) is 0.466. The lowest BCUT2D eigenvalue weighted by Crippen LogP contribution is -2.63. The van der Waals surface area contributed by atoms with Crippen LogP contribution in [0.25, 0.3) is 10.8 Å². The van der Waals surface area contributed by atoms with E-state index in [2.05, 4.69) is 29.7 Å². The van der Waals surface area contributed by atoms with Crippen molar-refractivity contribution < 1.29 is 19.8 Å². The van der Waals surface area contributed by atoms with Gasteiger partial charge in [0.2, 0.25) is 5.91 Å². The Bertz CT molecular complexity index is 1630. The second-order valence-electron chi connectivity index (χ2n) is 16.7. The lowest BCUT2D eigenvalue weighted by Gasteiger charge is -2.63. The molecule has 8 nitrogen and oxygen atoms in total. The molecule has 6 aliphatic rings. The van der Waals surface area contributed by atoms with Gasteiger partial charge in [-0.15, -0.1) is 6.42 Å². The first-order valence-electron chi connectivity index (χ1n) is 18.6. The molecule has 8 heteroatoms. The number of aromatic nitrogens is 1. The van der Waals surface area contributed by atoms with Crippen molar-refractivity contribution >= 4 is 22.6 Å². The normalized spacial score (nSPS) is 41.4. The van der Waals surface area contributed by atoms with E-state index in [0.29, 0.717) is 61.8 Å². The van der Waals surface area contributed by atoms with E-state index in [1.54, 1.807) is 11.1 Å². The molecule has 3 heterocycles. The number of rotatable bonds is 3. The maximum atomic E-state index is 13.9. The number of carbonyl (C=O) groups excluding carboxylic acids is 2. The summed E-state index contributed by atoms with van der Waals surface area (Å²) >= 11 is 0. The lowest BCUT2D eigenvalue weighted by atomic mass is 9.44. The Labute approximate surface area is 285 Å². The number of piperazine rings is 1. The molecule has 0 bridgehead atoms. The number of terminal acetylenes is 1. The minimum Gasteiger partial charge on any atom is -0.391 e. The number of aliphatic hydroxyl groups excluding tert-OH is 1. The highest BCUT2D eigenvalue weighted by atomic mass is 16.3. The number of pyridine rings is 1. The summed E-state index contributed by atoms with van der Waals surface area (Å²) in [5, 5.41) is 24.9. The van der Waals surface area contributed by atoms with Crippen LogP contribution in [0.2, 0.25) is 0 Å². The molecule has 48 heavy (non-hydrogen) atoms. The average molecular weight is 653 g/mol. The highest BCUT2D eigenvalue weighted by molar-refractivity contribution is 5.99. The topological polar surface area (TPSA) is 97.2 Å². The Balaban J connectivity index is 0.925. The zero-order valence-corrected chi connectivity index (χ0v) is 28.7. The van der Waals surface area contributed by atoms with Crippen molar-refractivity contribution in [3.63, 3.8) is 0 Å². The fraction of sp³-hybridized carbons (Fsp3) is 0.675. The second-order valence-corrected chi connectivity index (χ2v) is 16.7. The molecule has 2 aromatic rings. The number of benzene rings is 1.